The summed E-state index contributed by atoms with van der Waals surface area (Å²) >= 11 is 1.12. The maximum Gasteiger partial charge on any atom is 0.219 e. The Morgan fingerprint density at radius 2 is 1.68 bits per heavy atom. The van der Waals surface area contributed by atoms with Gasteiger partial charge in [-0.15, -0.1) is 5.10 Å². The molecule has 0 aliphatic heterocycles. The van der Waals surface area contributed by atoms with E-state index in [0.717, 1.165) is 23.9 Å². The molecule has 0 radical (unpaired) electrons. The molecule has 2 aromatic rings. The second-order valence-electron chi connectivity index (χ2n) is 8.73. The monoisotopic (exact) mass is 396 g/mol. The fourth-order valence-corrected chi connectivity index (χ4v) is 4.53. The summed E-state index contributed by atoms with van der Waals surface area (Å²) in [6.07, 6.45) is 3.62. The SMILES string of the molecule is CC(C)(C)CC(C)(C)C1=CC(=O)C=C(Sc2nnnn2-c2ccccc2)C1=O. The zero-order valence-corrected chi connectivity index (χ0v) is 17.6. The Labute approximate surface area is 169 Å². The first-order valence-electron chi connectivity index (χ1n) is 9.11. The van der Waals surface area contributed by atoms with E-state index in [9.17, 15) is 9.59 Å². The smallest absolute Gasteiger partial charge is 0.219 e. The molecule has 0 saturated carbocycles. The topological polar surface area (TPSA) is 77.7 Å². The van der Waals surface area contributed by atoms with Crippen LogP contribution >= 0.6 is 11.8 Å². The number of allylic oxidation sites excluding steroid dienone is 4. The maximum absolute atomic E-state index is 13.2. The molecule has 1 aromatic heterocycles. The Hall–Kier alpha value is -2.54. The molecule has 0 unspecified atom stereocenters. The Kier molecular flexibility index (Phi) is 5.39. The van der Waals surface area contributed by atoms with Gasteiger partial charge in [-0.1, -0.05) is 52.8 Å². The van der Waals surface area contributed by atoms with Crippen molar-refractivity contribution in [3.63, 3.8) is 0 Å². The van der Waals surface area contributed by atoms with Crippen molar-refractivity contribution in [1.29, 1.82) is 0 Å². The van der Waals surface area contributed by atoms with Crippen LogP contribution in [0, 0.1) is 10.8 Å². The largest absolute Gasteiger partial charge is 0.290 e. The van der Waals surface area contributed by atoms with E-state index in [1.54, 1.807) is 4.68 Å². The minimum Gasteiger partial charge on any atom is -0.290 e. The molecule has 6 nitrogen and oxygen atoms in total. The summed E-state index contributed by atoms with van der Waals surface area (Å²) in [6.45, 7) is 10.4. The number of ketones is 2. The number of hydrogen-bond acceptors (Lipinski definition) is 6. The summed E-state index contributed by atoms with van der Waals surface area (Å²) in [5, 5.41) is 12.2. The first kappa shape index (κ1) is 20.2. The van der Waals surface area contributed by atoms with E-state index in [2.05, 4.69) is 36.3 Å². The van der Waals surface area contributed by atoms with Crippen LogP contribution in [0.15, 0.2) is 58.1 Å². The highest BCUT2D eigenvalue weighted by atomic mass is 32.2. The first-order valence-corrected chi connectivity index (χ1v) is 9.93. The number of thioether (sulfide) groups is 1. The van der Waals surface area contributed by atoms with Crippen molar-refractivity contribution in [3.05, 3.63) is 53.0 Å². The molecule has 1 heterocycles. The molecule has 146 valence electrons. The summed E-state index contributed by atoms with van der Waals surface area (Å²) in [5.74, 6) is -0.320. The summed E-state index contributed by atoms with van der Waals surface area (Å²) in [7, 11) is 0. The van der Waals surface area contributed by atoms with Gasteiger partial charge in [0.2, 0.25) is 5.16 Å². The highest BCUT2D eigenvalue weighted by molar-refractivity contribution is 8.04. The number of aromatic nitrogens is 4. The van der Waals surface area contributed by atoms with Crippen LogP contribution in [0.5, 0.6) is 0 Å². The van der Waals surface area contributed by atoms with Gasteiger partial charge >= 0.3 is 0 Å². The quantitative estimate of drug-likeness (QED) is 0.706. The van der Waals surface area contributed by atoms with Crippen molar-refractivity contribution >= 4 is 23.3 Å². The van der Waals surface area contributed by atoms with E-state index < -0.39 is 5.41 Å². The summed E-state index contributed by atoms with van der Waals surface area (Å²) < 4.78 is 1.56. The molecule has 0 amide bonds. The minimum atomic E-state index is -0.420. The molecule has 0 fully saturated rings. The molecule has 0 bridgehead atoms. The second-order valence-corrected chi connectivity index (χ2v) is 9.74. The molecule has 0 spiro atoms. The highest BCUT2D eigenvalue weighted by Gasteiger charge is 2.37. The number of carbonyl (C=O) groups is 2. The zero-order chi connectivity index (χ0) is 20.5. The van der Waals surface area contributed by atoms with Crippen LogP contribution in [0.25, 0.3) is 5.69 Å². The molecule has 3 rings (SSSR count). The average molecular weight is 397 g/mol. The van der Waals surface area contributed by atoms with Crippen LogP contribution in [0.4, 0.5) is 0 Å². The normalized spacial score (nSPS) is 15.5. The summed E-state index contributed by atoms with van der Waals surface area (Å²) in [6, 6.07) is 9.42. The number of hydrogen-bond donors (Lipinski definition) is 0. The first-order chi connectivity index (χ1) is 13.1. The van der Waals surface area contributed by atoms with E-state index in [0.29, 0.717) is 15.6 Å². The fraction of sp³-hybridized carbons (Fsp3) is 0.381. The molecule has 0 atom stereocenters. The van der Waals surface area contributed by atoms with Crippen LogP contribution < -0.4 is 0 Å². The standard InChI is InChI=1S/C21H24N4O2S/c1-20(2,3)13-21(4,5)16-11-15(26)12-17(18(16)27)28-19-22-23-24-25(19)14-9-7-6-8-10-14/h6-12H,13H2,1-5H3. The molecular formula is C21H24N4O2S. The minimum absolute atomic E-state index is 0.0273. The molecule has 1 aliphatic carbocycles. The lowest BCUT2D eigenvalue weighted by Crippen LogP contribution is -2.29. The number of Topliss-reactive ketones (excluding diaryl/α,β-unsaturated/α-hetero) is 1. The third kappa shape index (κ3) is 4.47. The number of nitrogens with zero attached hydrogens (tertiary/aromatic N) is 4. The predicted octanol–water partition coefficient (Wildman–Crippen LogP) is 4.18. The molecule has 0 N–H and O–H groups in total. The number of tetrazole rings is 1. The molecular weight excluding hydrogens is 372 g/mol. The average Bonchev–Trinajstić information content (AvgIpc) is 3.04. The second kappa shape index (κ2) is 7.47. The number of carbonyl (C=O) groups excluding carboxylic acids is 2. The Morgan fingerprint density at radius 3 is 2.32 bits per heavy atom. The maximum atomic E-state index is 13.2. The lowest BCUT2D eigenvalue weighted by Gasteiger charge is -2.35. The van der Waals surface area contributed by atoms with Gasteiger partial charge < -0.3 is 0 Å². The molecule has 1 aliphatic rings. The molecule has 7 heteroatoms. The lowest BCUT2D eigenvalue weighted by atomic mass is 9.70. The van der Waals surface area contributed by atoms with Crippen molar-refractivity contribution in [2.24, 2.45) is 10.8 Å². The van der Waals surface area contributed by atoms with E-state index in [-0.39, 0.29) is 17.0 Å². The predicted molar refractivity (Wildman–Crippen MR) is 109 cm³/mol. The van der Waals surface area contributed by atoms with Crippen LogP contribution in [0.2, 0.25) is 0 Å². The van der Waals surface area contributed by atoms with E-state index in [4.69, 9.17) is 0 Å². The fourth-order valence-electron chi connectivity index (χ4n) is 3.65. The Balaban J connectivity index is 1.88. The van der Waals surface area contributed by atoms with Crippen molar-refractivity contribution in [3.8, 4) is 5.69 Å². The van der Waals surface area contributed by atoms with Crippen molar-refractivity contribution in [2.75, 3.05) is 0 Å². The van der Waals surface area contributed by atoms with Crippen LogP contribution in [0.1, 0.15) is 41.0 Å². The third-order valence-electron chi connectivity index (χ3n) is 4.37. The molecule has 28 heavy (non-hydrogen) atoms. The van der Waals surface area contributed by atoms with Crippen LogP contribution in [-0.4, -0.2) is 31.8 Å². The van der Waals surface area contributed by atoms with E-state index in [1.165, 1.54) is 12.2 Å². The zero-order valence-electron chi connectivity index (χ0n) is 16.8. The highest BCUT2D eigenvalue weighted by Crippen LogP contribution is 2.43. The Bertz CT molecular complexity index is 966. The van der Waals surface area contributed by atoms with Gasteiger partial charge in [0, 0.05) is 11.6 Å². The van der Waals surface area contributed by atoms with Crippen molar-refractivity contribution in [1.82, 2.24) is 20.2 Å². The van der Waals surface area contributed by atoms with Gasteiger partial charge in [-0.05, 0) is 57.6 Å². The van der Waals surface area contributed by atoms with Gasteiger partial charge in [0.1, 0.15) is 0 Å². The molecule has 0 saturated heterocycles. The van der Waals surface area contributed by atoms with Gasteiger partial charge in [0.15, 0.2) is 11.6 Å². The Morgan fingerprint density at radius 1 is 1.00 bits per heavy atom. The number of benzene rings is 1. The van der Waals surface area contributed by atoms with E-state index in [1.807, 2.05) is 44.2 Å². The third-order valence-corrected chi connectivity index (χ3v) is 5.33. The van der Waals surface area contributed by atoms with Gasteiger partial charge in [0.05, 0.1) is 10.6 Å². The number of para-hydroxylation sites is 1. The van der Waals surface area contributed by atoms with Crippen molar-refractivity contribution in [2.45, 2.75) is 46.2 Å². The van der Waals surface area contributed by atoms with Gasteiger partial charge in [0.25, 0.3) is 0 Å². The van der Waals surface area contributed by atoms with Crippen LogP contribution in [0.3, 0.4) is 0 Å². The summed E-state index contributed by atoms with van der Waals surface area (Å²) in [4.78, 5) is 25.9. The lowest BCUT2D eigenvalue weighted by molar-refractivity contribution is -0.115. The van der Waals surface area contributed by atoms with E-state index >= 15 is 0 Å². The number of rotatable bonds is 5. The summed E-state index contributed by atoms with van der Waals surface area (Å²) in [5.41, 5.74) is 0.931. The van der Waals surface area contributed by atoms with Crippen LogP contribution in [-0.2, 0) is 9.59 Å². The van der Waals surface area contributed by atoms with Gasteiger partial charge in [-0.3, -0.25) is 9.59 Å². The molecule has 1 aromatic carbocycles. The van der Waals surface area contributed by atoms with Gasteiger partial charge in [-0.25, -0.2) is 0 Å². The van der Waals surface area contributed by atoms with Crippen molar-refractivity contribution < 1.29 is 9.59 Å². The van der Waals surface area contributed by atoms with Gasteiger partial charge in [-0.2, -0.15) is 4.68 Å².